The summed E-state index contributed by atoms with van der Waals surface area (Å²) in [6, 6.07) is 7.26. The number of phenolic OH excluding ortho intramolecular Hbond substituents is 1. The van der Waals surface area contributed by atoms with E-state index in [1.807, 2.05) is 12.1 Å². The molecule has 0 saturated carbocycles. The molecule has 0 aliphatic rings. The van der Waals surface area contributed by atoms with E-state index in [-0.39, 0.29) is 0 Å². The van der Waals surface area contributed by atoms with Crippen molar-refractivity contribution in [2.75, 3.05) is 19.6 Å². The minimum absolute atomic E-state index is 0.297. The van der Waals surface area contributed by atoms with E-state index < -0.39 is 0 Å². The monoisotopic (exact) mass is 263 g/mol. The van der Waals surface area contributed by atoms with Crippen LogP contribution in [-0.2, 0) is 11.2 Å². The molecule has 0 amide bonds. The van der Waals surface area contributed by atoms with Crippen LogP contribution in [0.4, 0.5) is 0 Å². The molecule has 1 aromatic carbocycles. The Morgan fingerprint density at radius 2 is 1.95 bits per heavy atom. The van der Waals surface area contributed by atoms with Crippen molar-refractivity contribution in [1.29, 1.82) is 0 Å². The van der Waals surface area contributed by atoms with Gasteiger partial charge in [-0.25, -0.2) is 0 Å². The molecule has 0 saturated heterocycles. The van der Waals surface area contributed by atoms with Gasteiger partial charge in [0.2, 0.25) is 0 Å². The van der Waals surface area contributed by atoms with E-state index in [0.717, 1.165) is 38.0 Å². The van der Waals surface area contributed by atoms with E-state index in [0.29, 0.717) is 24.4 Å². The fourth-order valence-electron chi connectivity index (χ4n) is 2.15. The van der Waals surface area contributed by atoms with Crippen molar-refractivity contribution in [3.05, 3.63) is 29.8 Å². The van der Waals surface area contributed by atoms with Crippen LogP contribution in [0.5, 0.6) is 5.75 Å². The first kappa shape index (κ1) is 15.7. The van der Waals surface area contributed by atoms with Gasteiger partial charge in [0.15, 0.2) is 0 Å². The van der Waals surface area contributed by atoms with Crippen LogP contribution in [-0.4, -0.2) is 35.4 Å². The molecule has 1 aromatic rings. The Morgan fingerprint density at radius 3 is 2.58 bits per heavy atom. The second-order valence-electron chi connectivity index (χ2n) is 4.84. The standard InChI is InChI=1S/C16H25NO2/c1-3-17(4-2)12-11-15(18)9-5-7-14-8-6-10-16(19)13-14/h6,8,10,13,19H,3-5,7,9,11-12H2,1-2H3. The zero-order chi connectivity index (χ0) is 14.1. The average molecular weight is 263 g/mol. The lowest BCUT2D eigenvalue weighted by molar-refractivity contribution is -0.119. The van der Waals surface area contributed by atoms with Crippen LogP contribution in [0.1, 0.15) is 38.7 Å². The smallest absolute Gasteiger partial charge is 0.134 e. The summed E-state index contributed by atoms with van der Waals surface area (Å²) in [6.07, 6.45) is 3.00. The molecular weight excluding hydrogens is 238 g/mol. The maximum atomic E-state index is 11.8. The first-order valence-electron chi connectivity index (χ1n) is 7.17. The summed E-state index contributed by atoms with van der Waals surface area (Å²) >= 11 is 0. The minimum Gasteiger partial charge on any atom is -0.508 e. The number of Topliss-reactive ketones (excluding diaryl/α,β-unsaturated/α-hetero) is 1. The van der Waals surface area contributed by atoms with E-state index in [9.17, 15) is 9.90 Å². The quantitative estimate of drug-likeness (QED) is 0.744. The van der Waals surface area contributed by atoms with Gasteiger partial charge in [-0.15, -0.1) is 0 Å². The van der Waals surface area contributed by atoms with Crippen LogP contribution >= 0.6 is 0 Å². The van der Waals surface area contributed by atoms with Crippen LogP contribution in [0.2, 0.25) is 0 Å². The molecule has 0 aromatic heterocycles. The zero-order valence-electron chi connectivity index (χ0n) is 12.1. The van der Waals surface area contributed by atoms with Gasteiger partial charge in [-0.3, -0.25) is 4.79 Å². The molecule has 1 rings (SSSR count). The topological polar surface area (TPSA) is 40.5 Å². The third-order valence-corrected chi connectivity index (χ3v) is 3.43. The molecule has 0 radical (unpaired) electrons. The Morgan fingerprint density at radius 1 is 1.21 bits per heavy atom. The number of carbonyl (C=O) groups excluding carboxylic acids is 1. The van der Waals surface area contributed by atoms with Gasteiger partial charge in [-0.2, -0.15) is 0 Å². The first-order chi connectivity index (χ1) is 9.15. The van der Waals surface area contributed by atoms with Crippen molar-refractivity contribution >= 4 is 5.78 Å². The number of carbonyl (C=O) groups is 1. The van der Waals surface area contributed by atoms with Gasteiger partial charge in [0, 0.05) is 19.4 Å². The number of rotatable bonds is 9. The Labute approximate surface area is 116 Å². The molecular formula is C16H25NO2. The van der Waals surface area contributed by atoms with Crippen molar-refractivity contribution in [3.63, 3.8) is 0 Å². The van der Waals surface area contributed by atoms with E-state index >= 15 is 0 Å². The van der Waals surface area contributed by atoms with Crippen molar-refractivity contribution in [2.24, 2.45) is 0 Å². The normalized spacial score (nSPS) is 10.9. The lowest BCUT2D eigenvalue weighted by Gasteiger charge is -2.16. The predicted octanol–water partition coefficient (Wildman–Crippen LogP) is 3.02. The first-order valence-corrected chi connectivity index (χ1v) is 7.17. The number of benzene rings is 1. The summed E-state index contributed by atoms with van der Waals surface area (Å²) in [7, 11) is 0. The number of ketones is 1. The summed E-state index contributed by atoms with van der Waals surface area (Å²) in [6.45, 7) is 7.13. The highest BCUT2D eigenvalue weighted by atomic mass is 16.3. The SMILES string of the molecule is CCN(CC)CCC(=O)CCCc1cccc(O)c1. The molecule has 0 aliphatic carbocycles. The molecule has 0 bridgehead atoms. The second kappa shape index (κ2) is 8.70. The van der Waals surface area contributed by atoms with Crippen molar-refractivity contribution < 1.29 is 9.90 Å². The summed E-state index contributed by atoms with van der Waals surface area (Å²) < 4.78 is 0. The molecule has 0 fully saturated rings. The van der Waals surface area contributed by atoms with Crippen molar-refractivity contribution in [2.45, 2.75) is 39.5 Å². The summed E-state index contributed by atoms with van der Waals surface area (Å²) in [5.74, 6) is 0.636. The van der Waals surface area contributed by atoms with E-state index in [2.05, 4.69) is 18.7 Å². The van der Waals surface area contributed by atoms with E-state index in [4.69, 9.17) is 0 Å². The average Bonchev–Trinajstić information content (AvgIpc) is 2.40. The van der Waals surface area contributed by atoms with Gasteiger partial charge in [0.05, 0.1) is 0 Å². The molecule has 19 heavy (non-hydrogen) atoms. The molecule has 0 spiro atoms. The second-order valence-corrected chi connectivity index (χ2v) is 4.84. The van der Waals surface area contributed by atoms with Crippen LogP contribution in [0.3, 0.4) is 0 Å². The Kier molecular flexibility index (Phi) is 7.19. The van der Waals surface area contributed by atoms with E-state index in [1.54, 1.807) is 12.1 Å². The lowest BCUT2D eigenvalue weighted by Crippen LogP contribution is -2.25. The van der Waals surface area contributed by atoms with Gasteiger partial charge in [0.25, 0.3) is 0 Å². The molecule has 0 heterocycles. The highest BCUT2D eigenvalue weighted by Crippen LogP contribution is 2.13. The summed E-state index contributed by atoms with van der Waals surface area (Å²) in [5, 5.41) is 9.35. The third-order valence-electron chi connectivity index (χ3n) is 3.43. The Hall–Kier alpha value is -1.35. The van der Waals surface area contributed by atoms with Gasteiger partial charge in [-0.1, -0.05) is 26.0 Å². The van der Waals surface area contributed by atoms with Gasteiger partial charge in [0.1, 0.15) is 11.5 Å². The molecule has 0 unspecified atom stereocenters. The zero-order valence-corrected chi connectivity index (χ0v) is 12.1. The Bertz CT molecular complexity index is 386. The molecule has 3 heteroatoms. The number of aromatic hydroxyl groups is 1. The maximum absolute atomic E-state index is 11.8. The number of nitrogens with zero attached hydrogens (tertiary/aromatic N) is 1. The third kappa shape index (κ3) is 6.39. The van der Waals surface area contributed by atoms with Crippen LogP contribution < -0.4 is 0 Å². The van der Waals surface area contributed by atoms with Crippen molar-refractivity contribution in [3.8, 4) is 5.75 Å². The maximum Gasteiger partial charge on any atom is 0.134 e. The largest absolute Gasteiger partial charge is 0.508 e. The number of aryl methyl sites for hydroxylation is 1. The molecule has 0 aliphatic heterocycles. The number of hydrogen-bond acceptors (Lipinski definition) is 3. The van der Waals surface area contributed by atoms with Gasteiger partial charge >= 0.3 is 0 Å². The molecule has 1 N–H and O–H groups in total. The van der Waals surface area contributed by atoms with E-state index in [1.165, 1.54) is 0 Å². The minimum atomic E-state index is 0.297. The molecule has 106 valence electrons. The number of phenols is 1. The predicted molar refractivity (Wildman–Crippen MR) is 78.5 cm³/mol. The Balaban J connectivity index is 2.20. The highest BCUT2D eigenvalue weighted by Gasteiger charge is 2.05. The van der Waals surface area contributed by atoms with Gasteiger partial charge in [-0.05, 0) is 43.6 Å². The van der Waals surface area contributed by atoms with Crippen molar-refractivity contribution in [1.82, 2.24) is 4.90 Å². The van der Waals surface area contributed by atoms with Crippen LogP contribution in [0.25, 0.3) is 0 Å². The van der Waals surface area contributed by atoms with Gasteiger partial charge < -0.3 is 10.0 Å². The van der Waals surface area contributed by atoms with Crippen LogP contribution in [0, 0.1) is 0 Å². The lowest BCUT2D eigenvalue weighted by atomic mass is 10.1. The molecule has 0 atom stereocenters. The molecule has 3 nitrogen and oxygen atoms in total. The van der Waals surface area contributed by atoms with Crippen LogP contribution in [0.15, 0.2) is 24.3 Å². The summed E-state index contributed by atoms with van der Waals surface area (Å²) in [4.78, 5) is 14.0. The fraction of sp³-hybridized carbons (Fsp3) is 0.562. The fourth-order valence-corrected chi connectivity index (χ4v) is 2.15. The number of hydrogen-bond donors (Lipinski definition) is 1. The highest BCUT2D eigenvalue weighted by molar-refractivity contribution is 5.78. The summed E-state index contributed by atoms with van der Waals surface area (Å²) in [5.41, 5.74) is 1.09.